The fraction of sp³-hybridized carbons (Fsp3) is 0.533. The number of carbonyl (C=O) groups excluding carboxylic acids is 1. The molecule has 0 aliphatic heterocycles. The molecule has 4 heteroatoms. The van der Waals surface area contributed by atoms with Gasteiger partial charge >= 0.3 is 6.18 Å². The molecule has 0 bridgehead atoms. The lowest BCUT2D eigenvalue weighted by molar-refractivity contribution is -0.137. The zero-order valence-electron chi connectivity index (χ0n) is 11.1. The molecule has 0 N–H and O–H groups in total. The lowest BCUT2D eigenvalue weighted by Crippen LogP contribution is -2.25. The third kappa shape index (κ3) is 2.82. The van der Waals surface area contributed by atoms with Gasteiger partial charge in [-0.15, -0.1) is 0 Å². The van der Waals surface area contributed by atoms with Crippen LogP contribution in [0.4, 0.5) is 13.2 Å². The summed E-state index contributed by atoms with van der Waals surface area (Å²) in [4.78, 5) is 12.3. The van der Waals surface area contributed by atoms with Crippen LogP contribution in [0.3, 0.4) is 0 Å². The van der Waals surface area contributed by atoms with Gasteiger partial charge in [-0.2, -0.15) is 13.2 Å². The number of halogens is 3. The maximum Gasteiger partial charge on any atom is 0.416 e. The van der Waals surface area contributed by atoms with Crippen LogP contribution in [0.5, 0.6) is 0 Å². The second-order valence-electron chi connectivity index (χ2n) is 5.87. The number of ketones is 1. The largest absolute Gasteiger partial charge is 0.416 e. The van der Waals surface area contributed by atoms with Gasteiger partial charge in [-0.05, 0) is 30.4 Å². The molecule has 1 aromatic carbocycles. The van der Waals surface area contributed by atoms with Crippen LogP contribution in [-0.2, 0) is 6.18 Å². The van der Waals surface area contributed by atoms with Crippen LogP contribution in [0, 0.1) is 11.3 Å². The zero-order chi connectivity index (χ0) is 14.3. The van der Waals surface area contributed by atoms with Gasteiger partial charge < -0.3 is 0 Å². The molecule has 0 aromatic heterocycles. The van der Waals surface area contributed by atoms with E-state index in [0.717, 1.165) is 31.4 Å². The number of hydrogen-bond acceptors (Lipinski definition) is 1. The smallest absolute Gasteiger partial charge is 0.294 e. The van der Waals surface area contributed by atoms with Crippen LogP contribution in [0.15, 0.2) is 24.3 Å². The number of benzene rings is 1. The Balaban J connectivity index is 2.21. The Morgan fingerprint density at radius 3 is 2.21 bits per heavy atom. The van der Waals surface area contributed by atoms with Crippen molar-refractivity contribution in [1.82, 2.24) is 0 Å². The van der Waals surface area contributed by atoms with Gasteiger partial charge in [0.25, 0.3) is 0 Å². The number of hydrogen-bond donors (Lipinski definition) is 0. The Labute approximate surface area is 110 Å². The predicted molar refractivity (Wildman–Crippen MR) is 66.9 cm³/mol. The molecular formula is C15H17F3O. The Morgan fingerprint density at radius 2 is 1.79 bits per heavy atom. The van der Waals surface area contributed by atoms with Gasteiger partial charge in [0.15, 0.2) is 5.78 Å². The van der Waals surface area contributed by atoms with E-state index >= 15 is 0 Å². The first kappa shape index (κ1) is 14.1. The van der Waals surface area contributed by atoms with E-state index in [-0.39, 0.29) is 17.1 Å². The summed E-state index contributed by atoms with van der Waals surface area (Å²) in [7, 11) is 0. The van der Waals surface area contributed by atoms with Gasteiger partial charge in [-0.3, -0.25) is 4.79 Å². The van der Waals surface area contributed by atoms with Crippen LogP contribution in [0.25, 0.3) is 0 Å². The van der Waals surface area contributed by atoms with Crippen molar-refractivity contribution < 1.29 is 18.0 Å². The Hall–Kier alpha value is -1.32. The lowest BCUT2D eigenvalue weighted by Gasteiger charge is -2.25. The van der Waals surface area contributed by atoms with E-state index in [1.54, 1.807) is 0 Å². The minimum atomic E-state index is -4.35. The summed E-state index contributed by atoms with van der Waals surface area (Å²) in [5, 5.41) is 0. The van der Waals surface area contributed by atoms with E-state index in [9.17, 15) is 18.0 Å². The first-order valence-corrected chi connectivity index (χ1v) is 6.43. The van der Waals surface area contributed by atoms with E-state index in [0.29, 0.717) is 5.56 Å². The van der Waals surface area contributed by atoms with Gasteiger partial charge in [-0.1, -0.05) is 32.4 Å². The second kappa shape index (κ2) is 4.66. The summed E-state index contributed by atoms with van der Waals surface area (Å²) in [5.74, 6) is -0.111. The molecular weight excluding hydrogens is 253 g/mol. The molecule has 1 aliphatic carbocycles. The van der Waals surface area contributed by atoms with Crippen LogP contribution in [-0.4, -0.2) is 5.78 Å². The summed E-state index contributed by atoms with van der Waals surface area (Å²) in [5.41, 5.74) is -0.387. The van der Waals surface area contributed by atoms with E-state index in [4.69, 9.17) is 0 Å². The maximum absolute atomic E-state index is 12.5. The monoisotopic (exact) mass is 270 g/mol. The topological polar surface area (TPSA) is 17.1 Å². The molecule has 2 rings (SSSR count). The molecule has 1 aromatic rings. The number of Topliss-reactive ketones (excluding diaryl/α,β-unsaturated/α-hetero) is 1. The number of carbonyl (C=O) groups is 1. The van der Waals surface area contributed by atoms with Crippen molar-refractivity contribution in [3.63, 3.8) is 0 Å². The molecule has 104 valence electrons. The summed E-state index contributed by atoms with van der Waals surface area (Å²) in [6.07, 6.45) is -1.53. The van der Waals surface area contributed by atoms with Crippen LogP contribution < -0.4 is 0 Å². The Kier molecular flexibility index (Phi) is 3.45. The molecule has 1 aliphatic rings. The molecule has 1 unspecified atom stereocenters. The van der Waals surface area contributed by atoms with E-state index in [1.807, 2.05) is 13.8 Å². The van der Waals surface area contributed by atoms with Gasteiger partial charge in [0, 0.05) is 11.5 Å². The highest BCUT2D eigenvalue weighted by molar-refractivity contribution is 5.98. The van der Waals surface area contributed by atoms with Crippen LogP contribution in [0.2, 0.25) is 0 Å². The van der Waals surface area contributed by atoms with Crippen molar-refractivity contribution in [2.45, 2.75) is 39.3 Å². The summed E-state index contributed by atoms with van der Waals surface area (Å²) in [6.45, 7) is 4.10. The minimum absolute atomic E-state index is 0.0313. The highest BCUT2D eigenvalue weighted by atomic mass is 19.4. The molecule has 1 saturated carbocycles. The average molecular weight is 270 g/mol. The van der Waals surface area contributed by atoms with E-state index in [1.165, 1.54) is 12.1 Å². The molecule has 0 radical (unpaired) electrons. The van der Waals surface area contributed by atoms with Crippen LogP contribution >= 0.6 is 0 Å². The summed E-state index contributed by atoms with van der Waals surface area (Å²) >= 11 is 0. The fourth-order valence-corrected chi connectivity index (χ4v) is 2.84. The normalized spacial score (nSPS) is 22.5. The van der Waals surface area contributed by atoms with Crippen LogP contribution in [0.1, 0.15) is 49.0 Å². The fourth-order valence-electron chi connectivity index (χ4n) is 2.84. The first-order valence-electron chi connectivity index (χ1n) is 6.43. The molecule has 1 fully saturated rings. The molecule has 0 saturated heterocycles. The predicted octanol–water partition coefficient (Wildman–Crippen LogP) is 4.71. The van der Waals surface area contributed by atoms with Gasteiger partial charge in [0.1, 0.15) is 0 Å². The zero-order valence-corrected chi connectivity index (χ0v) is 11.1. The Bertz CT molecular complexity index is 471. The second-order valence-corrected chi connectivity index (χ2v) is 5.87. The molecule has 1 nitrogen and oxygen atoms in total. The summed E-state index contributed by atoms with van der Waals surface area (Å²) in [6, 6.07) is 4.55. The standard InChI is InChI=1S/C15H17F3O/c1-14(2)9-3-4-12(14)13(19)10-5-7-11(8-6-10)15(16,17)18/h5-8,12H,3-4,9H2,1-2H3. The third-order valence-electron chi connectivity index (χ3n) is 4.07. The van der Waals surface area contributed by atoms with Crippen molar-refractivity contribution in [1.29, 1.82) is 0 Å². The summed E-state index contributed by atoms with van der Waals surface area (Å²) < 4.78 is 37.4. The number of alkyl halides is 3. The van der Waals surface area contributed by atoms with Gasteiger partial charge in [-0.25, -0.2) is 0 Å². The maximum atomic E-state index is 12.5. The van der Waals surface area contributed by atoms with E-state index < -0.39 is 11.7 Å². The highest BCUT2D eigenvalue weighted by Crippen LogP contribution is 2.44. The van der Waals surface area contributed by atoms with Gasteiger partial charge in [0.2, 0.25) is 0 Å². The SMILES string of the molecule is CC1(C)CCCC1C(=O)c1ccc(C(F)(F)F)cc1. The van der Waals surface area contributed by atoms with Crippen molar-refractivity contribution in [3.05, 3.63) is 35.4 Å². The Morgan fingerprint density at radius 1 is 1.21 bits per heavy atom. The lowest BCUT2D eigenvalue weighted by atomic mass is 9.77. The quantitative estimate of drug-likeness (QED) is 0.711. The third-order valence-corrected chi connectivity index (χ3v) is 4.07. The van der Waals surface area contributed by atoms with E-state index in [2.05, 4.69) is 0 Å². The molecule has 0 heterocycles. The highest BCUT2D eigenvalue weighted by Gasteiger charge is 2.39. The molecule has 0 amide bonds. The van der Waals surface area contributed by atoms with Gasteiger partial charge in [0.05, 0.1) is 5.56 Å². The molecule has 19 heavy (non-hydrogen) atoms. The average Bonchev–Trinajstić information content (AvgIpc) is 2.67. The van der Waals surface area contributed by atoms with Crippen molar-refractivity contribution >= 4 is 5.78 Å². The first-order chi connectivity index (χ1) is 8.72. The number of rotatable bonds is 2. The van der Waals surface area contributed by atoms with Crippen molar-refractivity contribution in [2.24, 2.45) is 11.3 Å². The minimum Gasteiger partial charge on any atom is -0.294 e. The van der Waals surface area contributed by atoms with Crippen molar-refractivity contribution in [2.75, 3.05) is 0 Å². The van der Waals surface area contributed by atoms with Crippen molar-refractivity contribution in [3.8, 4) is 0 Å². The molecule has 0 spiro atoms. The molecule has 1 atom stereocenters.